The summed E-state index contributed by atoms with van der Waals surface area (Å²) in [5.41, 5.74) is -3.05. The maximum Gasteiger partial charge on any atom is 0.336 e. The van der Waals surface area contributed by atoms with Crippen molar-refractivity contribution in [1.29, 1.82) is 0 Å². The Balaban J connectivity index is 4.42. The topological polar surface area (TPSA) is 104 Å². The Kier molecular flexibility index (Phi) is 5.57. The van der Waals surface area contributed by atoms with Crippen LogP contribution < -0.4 is 0 Å². The molecule has 0 aromatic rings. The van der Waals surface area contributed by atoms with E-state index in [1.807, 2.05) is 0 Å². The number of ether oxygens (including phenoxy) is 1. The Morgan fingerprint density at radius 3 is 2.06 bits per heavy atom. The van der Waals surface area contributed by atoms with Crippen molar-refractivity contribution in [3.63, 3.8) is 0 Å². The standard InChI is InChI=1S/C11H20O6/c1-10(2,15)5-4-6-11(16,9(13)14)7-8(12)17-3/h15-16H,4-7H2,1-3H3,(H,13,14). The van der Waals surface area contributed by atoms with Gasteiger partial charge in [0.25, 0.3) is 0 Å². The molecule has 0 rings (SSSR count). The number of carbonyl (C=O) groups is 2. The molecule has 0 saturated carbocycles. The lowest BCUT2D eigenvalue weighted by Gasteiger charge is -2.24. The van der Waals surface area contributed by atoms with E-state index >= 15 is 0 Å². The van der Waals surface area contributed by atoms with Gasteiger partial charge in [-0.2, -0.15) is 0 Å². The Morgan fingerprint density at radius 1 is 1.18 bits per heavy atom. The van der Waals surface area contributed by atoms with Crippen molar-refractivity contribution < 1.29 is 29.6 Å². The van der Waals surface area contributed by atoms with Gasteiger partial charge in [0, 0.05) is 0 Å². The van der Waals surface area contributed by atoms with E-state index in [2.05, 4.69) is 4.74 Å². The molecular formula is C11H20O6. The molecule has 0 bridgehead atoms. The van der Waals surface area contributed by atoms with E-state index in [1.165, 1.54) is 0 Å². The van der Waals surface area contributed by atoms with Crippen LogP contribution in [0.3, 0.4) is 0 Å². The summed E-state index contributed by atoms with van der Waals surface area (Å²) >= 11 is 0. The summed E-state index contributed by atoms with van der Waals surface area (Å²) in [6.45, 7) is 3.18. The molecule has 6 nitrogen and oxygen atoms in total. The quantitative estimate of drug-likeness (QED) is 0.560. The molecule has 3 N–H and O–H groups in total. The molecule has 0 heterocycles. The molecule has 100 valence electrons. The fourth-order valence-corrected chi connectivity index (χ4v) is 1.40. The number of hydrogen-bond donors (Lipinski definition) is 3. The molecule has 0 aromatic carbocycles. The number of rotatable bonds is 7. The number of esters is 1. The zero-order valence-electron chi connectivity index (χ0n) is 10.4. The predicted octanol–water partition coefficient (Wildman–Crippen LogP) is 0.306. The number of carboxylic acids is 1. The number of carboxylic acid groups (broad SMARTS) is 1. The zero-order valence-corrected chi connectivity index (χ0v) is 10.4. The normalized spacial score (nSPS) is 15.1. The molecule has 0 radical (unpaired) electrons. The van der Waals surface area contributed by atoms with Gasteiger partial charge < -0.3 is 20.1 Å². The van der Waals surface area contributed by atoms with E-state index in [9.17, 15) is 19.8 Å². The highest BCUT2D eigenvalue weighted by Gasteiger charge is 2.38. The van der Waals surface area contributed by atoms with E-state index in [4.69, 9.17) is 5.11 Å². The van der Waals surface area contributed by atoms with Crippen LogP contribution in [0.25, 0.3) is 0 Å². The molecule has 0 aliphatic carbocycles. The Morgan fingerprint density at radius 2 is 1.71 bits per heavy atom. The average Bonchev–Trinajstić information content (AvgIpc) is 2.15. The molecule has 17 heavy (non-hydrogen) atoms. The van der Waals surface area contributed by atoms with Crippen LogP contribution in [0.2, 0.25) is 0 Å². The Labute approximate surface area is 100 Å². The van der Waals surface area contributed by atoms with Crippen LogP contribution in [-0.4, -0.2) is 45.6 Å². The van der Waals surface area contributed by atoms with Crippen molar-refractivity contribution >= 4 is 11.9 Å². The highest BCUT2D eigenvalue weighted by atomic mass is 16.5. The van der Waals surface area contributed by atoms with Crippen LogP contribution in [-0.2, 0) is 14.3 Å². The number of methoxy groups -OCH3 is 1. The molecule has 0 aliphatic heterocycles. The SMILES string of the molecule is COC(=O)CC(O)(CCCC(C)(C)O)C(=O)O. The fourth-order valence-electron chi connectivity index (χ4n) is 1.40. The number of hydrogen-bond acceptors (Lipinski definition) is 5. The number of aliphatic carboxylic acids is 1. The molecule has 0 aliphatic rings. The summed E-state index contributed by atoms with van der Waals surface area (Å²) in [6, 6.07) is 0. The summed E-state index contributed by atoms with van der Waals surface area (Å²) in [5.74, 6) is -2.24. The largest absolute Gasteiger partial charge is 0.479 e. The molecule has 1 atom stereocenters. The summed E-state index contributed by atoms with van der Waals surface area (Å²) in [6.07, 6.45) is -0.0703. The smallest absolute Gasteiger partial charge is 0.336 e. The van der Waals surface area contributed by atoms with Crippen molar-refractivity contribution in [3.8, 4) is 0 Å². The first-order valence-corrected chi connectivity index (χ1v) is 5.36. The van der Waals surface area contributed by atoms with Gasteiger partial charge in [-0.3, -0.25) is 4.79 Å². The molecule has 6 heteroatoms. The van der Waals surface area contributed by atoms with E-state index in [-0.39, 0.29) is 6.42 Å². The first-order chi connectivity index (χ1) is 7.60. The highest BCUT2D eigenvalue weighted by Crippen LogP contribution is 2.22. The van der Waals surface area contributed by atoms with Crippen molar-refractivity contribution in [2.45, 2.75) is 50.7 Å². The van der Waals surface area contributed by atoms with Crippen LogP contribution in [0.4, 0.5) is 0 Å². The van der Waals surface area contributed by atoms with Gasteiger partial charge in [-0.15, -0.1) is 0 Å². The minimum absolute atomic E-state index is 0.110. The summed E-state index contributed by atoms with van der Waals surface area (Å²) in [4.78, 5) is 21.9. The van der Waals surface area contributed by atoms with Gasteiger partial charge in [0.2, 0.25) is 0 Å². The third-order valence-corrected chi connectivity index (χ3v) is 2.44. The zero-order chi connectivity index (χ0) is 13.7. The first kappa shape index (κ1) is 15.9. The van der Waals surface area contributed by atoms with Gasteiger partial charge in [0.05, 0.1) is 19.1 Å². The van der Waals surface area contributed by atoms with Gasteiger partial charge >= 0.3 is 11.9 Å². The predicted molar refractivity (Wildman–Crippen MR) is 59.4 cm³/mol. The van der Waals surface area contributed by atoms with Crippen LogP contribution in [0.1, 0.15) is 39.5 Å². The summed E-state index contributed by atoms with van der Waals surface area (Å²) in [5, 5.41) is 28.2. The fraction of sp³-hybridized carbons (Fsp3) is 0.818. The van der Waals surface area contributed by atoms with Crippen molar-refractivity contribution in [2.75, 3.05) is 7.11 Å². The van der Waals surface area contributed by atoms with Gasteiger partial charge in [-0.05, 0) is 33.1 Å². The van der Waals surface area contributed by atoms with Gasteiger partial charge in [-0.1, -0.05) is 0 Å². The molecule has 0 spiro atoms. The number of carbonyl (C=O) groups excluding carboxylic acids is 1. The average molecular weight is 248 g/mol. The second-order valence-corrected chi connectivity index (χ2v) is 4.76. The van der Waals surface area contributed by atoms with E-state index in [0.717, 1.165) is 7.11 Å². The number of aliphatic hydroxyl groups is 2. The van der Waals surface area contributed by atoms with Crippen LogP contribution >= 0.6 is 0 Å². The second-order valence-electron chi connectivity index (χ2n) is 4.76. The van der Waals surface area contributed by atoms with E-state index < -0.39 is 29.6 Å². The van der Waals surface area contributed by atoms with Gasteiger partial charge in [-0.25, -0.2) is 4.79 Å². The van der Waals surface area contributed by atoms with Crippen LogP contribution in [0.15, 0.2) is 0 Å². The van der Waals surface area contributed by atoms with E-state index in [0.29, 0.717) is 12.8 Å². The third kappa shape index (κ3) is 6.23. The molecule has 1 unspecified atom stereocenters. The van der Waals surface area contributed by atoms with Crippen molar-refractivity contribution in [2.24, 2.45) is 0 Å². The molecule has 0 aromatic heterocycles. The summed E-state index contributed by atoms with van der Waals surface area (Å²) in [7, 11) is 1.13. The van der Waals surface area contributed by atoms with Crippen LogP contribution in [0, 0.1) is 0 Å². The third-order valence-electron chi connectivity index (χ3n) is 2.44. The molecular weight excluding hydrogens is 228 g/mol. The second kappa shape index (κ2) is 5.97. The molecule has 0 saturated heterocycles. The first-order valence-electron chi connectivity index (χ1n) is 5.36. The monoisotopic (exact) mass is 248 g/mol. The van der Waals surface area contributed by atoms with Crippen molar-refractivity contribution in [1.82, 2.24) is 0 Å². The highest BCUT2D eigenvalue weighted by molar-refractivity contribution is 5.84. The lowest BCUT2D eigenvalue weighted by molar-refractivity contribution is -0.167. The minimum atomic E-state index is -2.13. The van der Waals surface area contributed by atoms with Gasteiger partial charge in [0.1, 0.15) is 0 Å². The lowest BCUT2D eigenvalue weighted by atomic mass is 9.90. The Hall–Kier alpha value is -1.14. The van der Waals surface area contributed by atoms with Crippen molar-refractivity contribution in [3.05, 3.63) is 0 Å². The van der Waals surface area contributed by atoms with Crippen LogP contribution in [0.5, 0.6) is 0 Å². The van der Waals surface area contributed by atoms with E-state index in [1.54, 1.807) is 13.8 Å². The Bertz CT molecular complexity index is 280. The maximum atomic E-state index is 11.0. The van der Waals surface area contributed by atoms with Gasteiger partial charge in [0.15, 0.2) is 5.60 Å². The maximum absolute atomic E-state index is 11.0. The molecule has 0 fully saturated rings. The lowest BCUT2D eigenvalue weighted by Crippen LogP contribution is -2.41. The summed E-state index contributed by atoms with van der Waals surface area (Å²) < 4.78 is 4.33. The molecule has 0 amide bonds. The minimum Gasteiger partial charge on any atom is -0.479 e.